The topological polar surface area (TPSA) is 0 Å². The number of hydrogen-bond donors (Lipinski definition) is 0. The van der Waals surface area contributed by atoms with Crippen molar-refractivity contribution in [1.29, 1.82) is 0 Å². The highest BCUT2D eigenvalue weighted by Crippen LogP contribution is 2.43. The van der Waals surface area contributed by atoms with Gasteiger partial charge in [0.1, 0.15) is 5.82 Å². The van der Waals surface area contributed by atoms with E-state index < -0.39 is 0 Å². The van der Waals surface area contributed by atoms with Crippen LogP contribution in [0.4, 0.5) is 4.39 Å². The number of halogens is 2. The van der Waals surface area contributed by atoms with Crippen LogP contribution in [-0.2, 0) is 0 Å². The lowest BCUT2D eigenvalue weighted by atomic mass is 9.81. The van der Waals surface area contributed by atoms with Crippen molar-refractivity contribution in [2.24, 2.45) is 0 Å². The molecule has 0 nitrogen and oxygen atoms in total. The molecule has 0 fully saturated rings. The molecule has 0 bridgehead atoms. The fraction of sp³-hybridized carbons (Fsp3) is 0.235. The van der Waals surface area contributed by atoms with Crippen molar-refractivity contribution in [2.75, 3.05) is 0 Å². The fourth-order valence-corrected chi connectivity index (χ4v) is 5.64. The summed E-state index contributed by atoms with van der Waals surface area (Å²) in [5.41, 5.74) is 13.2. The van der Waals surface area contributed by atoms with Crippen molar-refractivity contribution in [1.82, 2.24) is 0 Å². The molecule has 182 valence electrons. The minimum absolute atomic E-state index is 0.133. The average molecular weight is 495 g/mol. The standard InChI is InChI=1S/C34H32ClF/c1-21-9-12-25(13-10-21)27-16-14-26(35)20-32(27)31-18-22(2)11-15-30(31)28-7-5-6-8-29(28)33-19-23(3)17-24(4)34(33)36/h6,8-9,11-12,14-20H,5,7,10,13H2,1-4H3. The van der Waals surface area contributed by atoms with Gasteiger partial charge in [-0.2, -0.15) is 0 Å². The second kappa shape index (κ2) is 10.1. The zero-order valence-corrected chi connectivity index (χ0v) is 22.3. The molecule has 36 heavy (non-hydrogen) atoms. The predicted octanol–water partition coefficient (Wildman–Crippen LogP) is 10.5. The quantitative estimate of drug-likeness (QED) is 0.338. The van der Waals surface area contributed by atoms with E-state index >= 15 is 4.39 Å². The summed E-state index contributed by atoms with van der Waals surface area (Å²) in [5, 5.41) is 0.724. The molecule has 0 saturated heterocycles. The first-order chi connectivity index (χ1) is 17.3. The number of hydrogen-bond acceptors (Lipinski definition) is 0. The Kier molecular flexibility index (Phi) is 6.86. The summed E-state index contributed by atoms with van der Waals surface area (Å²) in [4.78, 5) is 0. The summed E-state index contributed by atoms with van der Waals surface area (Å²) >= 11 is 6.58. The second-order valence-electron chi connectivity index (χ2n) is 10.2. The van der Waals surface area contributed by atoms with Crippen LogP contribution in [0.2, 0.25) is 5.02 Å². The Bertz CT molecular complexity index is 1480. The molecule has 0 radical (unpaired) electrons. The Morgan fingerprint density at radius 3 is 2.22 bits per heavy atom. The maximum atomic E-state index is 15.4. The molecule has 0 atom stereocenters. The third-order valence-corrected chi connectivity index (χ3v) is 7.57. The van der Waals surface area contributed by atoms with Crippen molar-refractivity contribution in [3.8, 4) is 11.1 Å². The van der Waals surface area contributed by atoms with E-state index in [1.165, 1.54) is 27.8 Å². The van der Waals surface area contributed by atoms with E-state index in [1.807, 2.05) is 32.0 Å². The molecule has 0 aliphatic heterocycles. The van der Waals surface area contributed by atoms with Crippen LogP contribution in [-0.4, -0.2) is 0 Å². The number of allylic oxidation sites excluding steroid dienone is 8. The summed E-state index contributed by atoms with van der Waals surface area (Å²) in [6.07, 6.45) is 12.6. The lowest BCUT2D eigenvalue weighted by Gasteiger charge is -2.23. The van der Waals surface area contributed by atoms with Gasteiger partial charge in [0, 0.05) is 10.6 Å². The van der Waals surface area contributed by atoms with Gasteiger partial charge < -0.3 is 0 Å². The fourth-order valence-electron chi connectivity index (χ4n) is 5.47. The summed E-state index contributed by atoms with van der Waals surface area (Å²) in [5.74, 6) is -0.133. The first-order valence-corrected chi connectivity index (χ1v) is 13.1. The molecule has 0 heterocycles. The van der Waals surface area contributed by atoms with E-state index in [9.17, 15) is 0 Å². The Balaban J connectivity index is 1.77. The van der Waals surface area contributed by atoms with Crippen LogP contribution in [0.1, 0.15) is 66.0 Å². The van der Waals surface area contributed by atoms with Crippen molar-refractivity contribution in [3.63, 3.8) is 0 Å². The number of rotatable bonds is 4. The SMILES string of the molecule is CC1=CC=C(c2ccc(Cl)cc2-c2cc(C)ccc2C2=C(c3cc(C)cc(C)c3F)C=CCC2)CC1. The minimum atomic E-state index is -0.133. The van der Waals surface area contributed by atoms with E-state index in [-0.39, 0.29) is 5.82 Å². The summed E-state index contributed by atoms with van der Waals surface area (Å²) < 4.78 is 15.4. The molecule has 0 aromatic heterocycles. The molecule has 0 unspecified atom stereocenters. The summed E-state index contributed by atoms with van der Waals surface area (Å²) in [6, 6.07) is 16.8. The molecule has 2 heteroatoms. The smallest absolute Gasteiger partial charge is 0.133 e. The molecule has 0 amide bonds. The average Bonchev–Trinajstić information content (AvgIpc) is 2.87. The second-order valence-corrected chi connectivity index (χ2v) is 10.7. The minimum Gasteiger partial charge on any atom is -0.206 e. The van der Waals surface area contributed by atoms with Gasteiger partial charge in [-0.25, -0.2) is 4.39 Å². The van der Waals surface area contributed by atoms with Gasteiger partial charge in [-0.05, 0) is 116 Å². The highest BCUT2D eigenvalue weighted by atomic mass is 35.5. The highest BCUT2D eigenvalue weighted by Gasteiger charge is 2.22. The van der Waals surface area contributed by atoms with Crippen molar-refractivity contribution in [3.05, 3.63) is 123 Å². The van der Waals surface area contributed by atoms with E-state index in [1.54, 1.807) is 0 Å². The van der Waals surface area contributed by atoms with Crippen LogP contribution >= 0.6 is 11.6 Å². The molecule has 5 rings (SSSR count). The van der Waals surface area contributed by atoms with Gasteiger partial charge in [-0.15, -0.1) is 0 Å². The maximum Gasteiger partial charge on any atom is 0.133 e. The van der Waals surface area contributed by atoms with Crippen LogP contribution in [0.5, 0.6) is 0 Å². The van der Waals surface area contributed by atoms with Gasteiger partial charge in [-0.1, -0.05) is 82.9 Å². The third kappa shape index (κ3) is 4.77. The molecule has 3 aromatic rings. The molecule has 0 spiro atoms. The Morgan fingerprint density at radius 1 is 0.694 bits per heavy atom. The zero-order chi connectivity index (χ0) is 25.4. The van der Waals surface area contributed by atoms with Gasteiger partial charge in [0.2, 0.25) is 0 Å². The highest BCUT2D eigenvalue weighted by molar-refractivity contribution is 6.31. The van der Waals surface area contributed by atoms with Crippen LogP contribution < -0.4 is 0 Å². The zero-order valence-electron chi connectivity index (χ0n) is 21.5. The predicted molar refractivity (Wildman–Crippen MR) is 154 cm³/mol. The Morgan fingerprint density at radius 2 is 1.44 bits per heavy atom. The van der Waals surface area contributed by atoms with Gasteiger partial charge in [0.25, 0.3) is 0 Å². The van der Waals surface area contributed by atoms with Gasteiger partial charge in [-0.3, -0.25) is 0 Å². The van der Waals surface area contributed by atoms with Gasteiger partial charge >= 0.3 is 0 Å². The molecule has 0 saturated carbocycles. The van der Waals surface area contributed by atoms with Crippen LogP contribution in [0.15, 0.2) is 78.4 Å². The van der Waals surface area contributed by atoms with Gasteiger partial charge in [0.15, 0.2) is 0 Å². The first kappa shape index (κ1) is 24.5. The number of benzene rings is 3. The molecular weight excluding hydrogens is 463 g/mol. The van der Waals surface area contributed by atoms with E-state index in [0.717, 1.165) is 58.5 Å². The molecule has 3 aromatic carbocycles. The van der Waals surface area contributed by atoms with Crippen LogP contribution in [0.3, 0.4) is 0 Å². The third-order valence-electron chi connectivity index (χ3n) is 7.34. The first-order valence-electron chi connectivity index (χ1n) is 12.8. The maximum absolute atomic E-state index is 15.4. The van der Waals surface area contributed by atoms with E-state index in [0.29, 0.717) is 11.1 Å². The van der Waals surface area contributed by atoms with E-state index in [4.69, 9.17) is 11.6 Å². The van der Waals surface area contributed by atoms with Crippen LogP contribution in [0, 0.1) is 26.6 Å². The molecular formula is C34H32ClF. The van der Waals surface area contributed by atoms with Crippen LogP contribution in [0.25, 0.3) is 27.8 Å². The number of aryl methyl sites for hydroxylation is 3. The van der Waals surface area contributed by atoms with Crippen molar-refractivity contribution in [2.45, 2.75) is 53.4 Å². The largest absolute Gasteiger partial charge is 0.206 e. The Hall–Kier alpha value is -3.16. The summed E-state index contributed by atoms with van der Waals surface area (Å²) in [7, 11) is 0. The van der Waals surface area contributed by atoms with Crippen molar-refractivity contribution < 1.29 is 4.39 Å². The summed E-state index contributed by atoms with van der Waals surface area (Å²) in [6.45, 7) is 8.20. The van der Waals surface area contributed by atoms with E-state index in [2.05, 4.69) is 68.5 Å². The normalized spacial score (nSPS) is 15.7. The molecule has 0 N–H and O–H groups in total. The lowest BCUT2D eigenvalue weighted by Crippen LogP contribution is -2.02. The van der Waals surface area contributed by atoms with Crippen molar-refractivity contribution >= 4 is 28.3 Å². The lowest BCUT2D eigenvalue weighted by molar-refractivity contribution is 0.614. The monoisotopic (exact) mass is 494 g/mol. The van der Waals surface area contributed by atoms with Gasteiger partial charge in [0.05, 0.1) is 0 Å². The Labute approximate surface area is 219 Å². The molecule has 2 aliphatic carbocycles. The molecule has 2 aliphatic rings.